The minimum absolute atomic E-state index is 0.304. The van der Waals surface area contributed by atoms with Gasteiger partial charge in [0.15, 0.2) is 22.8 Å². The lowest BCUT2D eigenvalue weighted by Crippen LogP contribution is -2.37. The zero-order valence-corrected chi connectivity index (χ0v) is 17.2. The van der Waals surface area contributed by atoms with Crippen molar-refractivity contribution >= 4 is 28.7 Å². The zero-order chi connectivity index (χ0) is 21.6. The van der Waals surface area contributed by atoms with E-state index in [1.54, 1.807) is 24.1 Å². The molecule has 0 aromatic carbocycles. The average molecular weight is 426 g/mol. The highest BCUT2D eigenvalue weighted by Crippen LogP contribution is 2.27. The van der Waals surface area contributed by atoms with Crippen LogP contribution in [-0.4, -0.2) is 61.9 Å². The molecular weight excluding hydrogens is 400 g/mol. The topological polar surface area (TPSA) is 144 Å². The normalized spacial score (nSPS) is 14.2. The number of unbranched alkanes of at least 4 members (excludes halogenated alkanes) is 2. The largest absolute Gasteiger partial charge is 0.384 e. The molecular formula is C20H26N8O3. The van der Waals surface area contributed by atoms with Crippen LogP contribution in [0.3, 0.4) is 0 Å². The number of pyridine rings is 1. The Morgan fingerprint density at radius 1 is 1.16 bits per heavy atom. The number of morpholine rings is 1. The molecule has 0 atom stereocenters. The number of hydrogen-bond donors (Lipinski definition) is 3. The second kappa shape index (κ2) is 9.67. The molecule has 11 heteroatoms. The van der Waals surface area contributed by atoms with Gasteiger partial charge in [0.2, 0.25) is 5.91 Å². The quantitative estimate of drug-likeness (QED) is 0.276. The molecule has 1 amide bonds. The maximum absolute atomic E-state index is 11.1. The van der Waals surface area contributed by atoms with Crippen LogP contribution in [0, 0.1) is 0 Å². The lowest BCUT2D eigenvalue weighted by molar-refractivity contribution is -0.129. The van der Waals surface area contributed by atoms with Crippen molar-refractivity contribution in [3.63, 3.8) is 0 Å². The minimum Gasteiger partial charge on any atom is -0.384 e. The van der Waals surface area contributed by atoms with Crippen molar-refractivity contribution in [3.8, 4) is 11.4 Å². The molecule has 0 aliphatic carbocycles. The fourth-order valence-corrected chi connectivity index (χ4v) is 3.56. The predicted octanol–water partition coefficient (Wildman–Crippen LogP) is 1.37. The van der Waals surface area contributed by atoms with Crippen LogP contribution in [-0.2, 0) is 16.1 Å². The number of fused-ring (bicyclic) bond motifs is 1. The Morgan fingerprint density at radius 3 is 2.74 bits per heavy atom. The van der Waals surface area contributed by atoms with E-state index >= 15 is 0 Å². The third-order valence-electron chi connectivity index (χ3n) is 5.23. The van der Waals surface area contributed by atoms with Crippen molar-refractivity contribution in [2.24, 2.45) is 0 Å². The van der Waals surface area contributed by atoms with Gasteiger partial charge in [-0.05, 0) is 25.0 Å². The van der Waals surface area contributed by atoms with Gasteiger partial charge in [0, 0.05) is 37.8 Å². The minimum atomic E-state index is -0.363. The molecule has 4 N–H and O–H groups in total. The van der Waals surface area contributed by atoms with Gasteiger partial charge in [-0.25, -0.2) is 25.4 Å². The number of nitrogens with one attached hydrogen (secondary N) is 1. The predicted molar refractivity (Wildman–Crippen MR) is 114 cm³/mol. The SMILES string of the molecule is Nc1ccc(-c2nc(N3CCOCC3)c3ncn(CCCCCC(=O)NO)c3n2)cn1. The van der Waals surface area contributed by atoms with Gasteiger partial charge in [0.25, 0.3) is 0 Å². The molecule has 1 fully saturated rings. The standard InChI is InChI=1S/C20H26N8O3/c21-15-6-5-14(12-22-15)18-24-19(27-8-10-31-11-9-27)17-20(25-18)28(13-23-17)7-3-1-2-4-16(29)26-30/h5-6,12-13,30H,1-4,7-11H2,(H2,21,22)(H,26,29). The van der Waals surface area contributed by atoms with E-state index in [2.05, 4.69) is 14.9 Å². The number of aryl methyl sites for hydroxylation is 1. The van der Waals surface area contributed by atoms with Gasteiger partial charge in [-0.2, -0.15) is 0 Å². The highest BCUT2D eigenvalue weighted by molar-refractivity contribution is 5.85. The van der Waals surface area contributed by atoms with Gasteiger partial charge in [-0.3, -0.25) is 10.0 Å². The van der Waals surface area contributed by atoms with E-state index in [-0.39, 0.29) is 5.91 Å². The van der Waals surface area contributed by atoms with E-state index in [1.807, 2.05) is 10.6 Å². The number of nitrogens with two attached hydrogens (primary N) is 1. The molecule has 4 heterocycles. The smallest absolute Gasteiger partial charge is 0.243 e. The van der Waals surface area contributed by atoms with Gasteiger partial charge in [0.05, 0.1) is 19.5 Å². The van der Waals surface area contributed by atoms with E-state index in [0.717, 1.165) is 55.0 Å². The lowest BCUT2D eigenvalue weighted by atomic mass is 10.2. The molecule has 0 saturated carbocycles. The fourth-order valence-electron chi connectivity index (χ4n) is 3.56. The summed E-state index contributed by atoms with van der Waals surface area (Å²) >= 11 is 0. The first kappa shape index (κ1) is 20.9. The highest BCUT2D eigenvalue weighted by Gasteiger charge is 2.21. The van der Waals surface area contributed by atoms with Crippen molar-refractivity contribution in [2.45, 2.75) is 32.2 Å². The second-order valence-electron chi connectivity index (χ2n) is 7.40. The maximum Gasteiger partial charge on any atom is 0.243 e. The van der Waals surface area contributed by atoms with E-state index in [0.29, 0.717) is 37.7 Å². The Bertz CT molecular complexity index is 1030. The number of nitrogen functional groups attached to an aromatic ring is 1. The van der Waals surface area contributed by atoms with Crippen molar-refractivity contribution < 1.29 is 14.7 Å². The number of ether oxygens (including phenoxy) is 1. The van der Waals surface area contributed by atoms with Crippen LogP contribution in [0.5, 0.6) is 0 Å². The molecule has 1 saturated heterocycles. The molecule has 0 unspecified atom stereocenters. The van der Waals surface area contributed by atoms with Gasteiger partial charge in [-0.1, -0.05) is 6.42 Å². The summed E-state index contributed by atoms with van der Waals surface area (Å²) in [5.41, 5.74) is 9.69. The molecule has 0 radical (unpaired) electrons. The number of anilines is 2. The molecule has 4 rings (SSSR count). The summed E-state index contributed by atoms with van der Waals surface area (Å²) in [6, 6.07) is 3.59. The van der Waals surface area contributed by atoms with Gasteiger partial charge in [0.1, 0.15) is 5.82 Å². The third kappa shape index (κ3) is 4.89. The Balaban J connectivity index is 1.61. The summed E-state index contributed by atoms with van der Waals surface area (Å²) < 4.78 is 7.50. The highest BCUT2D eigenvalue weighted by atomic mass is 16.5. The van der Waals surface area contributed by atoms with Crippen molar-refractivity contribution in [3.05, 3.63) is 24.7 Å². The van der Waals surface area contributed by atoms with Crippen molar-refractivity contribution in [1.82, 2.24) is 30.0 Å². The Morgan fingerprint density at radius 2 is 2.00 bits per heavy atom. The van der Waals surface area contributed by atoms with Gasteiger partial charge < -0.3 is 19.9 Å². The van der Waals surface area contributed by atoms with Crippen LogP contribution in [0.1, 0.15) is 25.7 Å². The molecule has 164 valence electrons. The molecule has 0 spiro atoms. The van der Waals surface area contributed by atoms with Crippen LogP contribution < -0.4 is 16.1 Å². The first-order chi connectivity index (χ1) is 15.2. The third-order valence-corrected chi connectivity index (χ3v) is 5.23. The first-order valence-electron chi connectivity index (χ1n) is 10.4. The van der Waals surface area contributed by atoms with E-state index in [9.17, 15) is 4.79 Å². The zero-order valence-electron chi connectivity index (χ0n) is 17.2. The molecule has 3 aromatic rings. The number of carbonyl (C=O) groups excluding carboxylic acids is 1. The van der Waals surface area contributed by atoms with E-state index < -0.39 is 0 Å². The summed E-state index contributed by atoms with van der Waals surface area (Å²) in [5.74, 6) is 1.44. The van der Waals surface area contributed by atoms with Crippen LogP contribution in [0.4, 0.5) is 11.6 Å². The molecule has 31 heavy (non-hydrogen) atoms. The lowest BCUT2D eigenvalue weighted by Gasteiger charge is -2.28. The van der Waals surface area contributed by atoms with E-state index in [4.69, 9.17) is 25.6 Å². The number of aromatic nitrogens is 5. The van der Waals surface area contributed by atoms with Crippen LogP contribution in [0.15, 0.2) is 24.7 Å². The number of hydrogen-bond acceptors (Lipinski definition) is 9. The summed E-state index contributed by atoms with van der Waals surface area (Å²) in [7, 11) is 0. The van der Waals surface area contributed by atoms with Crippen molar-refractivity contribution in [1.29, 1.82) is 0 Å². The van der Waals surface area contributed by atoms with Crippen LogP contribution in [0.2, 0.25) is 0 Å². The monoisotopic (exact) mass is 426 g/mol. The number of hydroxylamine groups is 1. The van der Waals surface area contributed by atoms with Crippen LogP contribution >= 0.6 is 0 Å². The number of amides is 1. The fraction of sp³-hybridized carbons (Fsp3) is 0.450. The molecule has 1 aliphatic heterocycles. The molecule has 11 nitrogen and oxygen atoms in total. The Hall–Kier alpha value is -3.31. The number of nitrogens with zero attached hydrogens (tertiary/aromatic N) is 6. The summed E-state index contributed by atoms with van der Waals surface area (Å²) in [4.78, 5) is 31.7. The molecule has 1 aliphatic rings. The average Bonchev–Trinajstić information content (AvgIpc) is 3.22. The number of imidazole rings is 1. The van der Waals surface area contributed by atoms with Crippen molar-refractivity contribution in [2.75, 3.05) is 36.9 Å². The Labute approximate surface area is 179 Å². The van der Waals surface area contributed by atoms with E-state index in [1.165, 1.54) is 0 Å². The second-order valence-corrected chi connectivity index (χ2v) is 7.40. The number of rotatable bonds is 8. The summed E-state index contributed by atoms with van der Waals surface area (Å²) in [5, 5.41) is 8.58. The molecule has 0 bridgehead atoms. The summed E-state index contributed by atoms with van der Waals surface area (Å²) in [6.45, 7) is 3.49. The maximum atomic E-state index is 11.1. The van der Waals surface area contributed by atoms with Crippen LogP contribution in [0.25, 0.3) is 22.6 Å². The van der Waals surface area contributed by atoms with Gasteiger partial charge >= 0.3 is 0 Å². The summed E-state index contributed by atoms with van der Waals surface area (Å²) in [6.07, 6.45) is 6.18. The number of carbonyl (C=O) groups is 1. The molecule has 3 aromatic heterocycles. The van der Waals surface area contributed by atoms with Gasteiger partial charge in [-0.15, -0.1) is 0 Å². The first-order valence-corrected chi connectivity index (χ1v) is 10.4. The Kier molecular flexibility index (Phi) is 6.53.